The van der Waals surface area contributed by atoms with Gasteiger partial charge in [-0.2, -0.15) is 0 Å². The van der Waals surface area contributed by atoms with Gasteiger partial charge in [0.25, 0.3) is 5.91 Å². The fourth-order valence-electron chi connectivity index (χ4n) is 4.16. The molecule has 0 aliphatic rings. The van der Waals surface area contributed by atoms with Gasteiger partial charge in [-0.15, -0.1) is 11.8 Å². The Kier molecular flexibility index (Phi) is 8.58. The number of nitrogens with one attached hydrogen (secondary N) is 1. The third-order valence-corrected chi connectivity index (χ3v) is 11.3. The van der Waals surface area contributed by atoms with Crippen molar-refractivity contribution < 1.29 is 4.79 Å². The quantitative estimate of drug-likeness (QED) is 0.207. The summed E-state index contributed by atoms with van der Waals surface area (Å²) < 4.78 is 0. The van der Waals surface area contributed by atoms with Gasteiger partial charge in [-0.1, -0.05) is 79.2 Å². The molecule has 2 nitrogen and oxygen atoms in total. The van der Waals surface area contributed by atoms with Gasteiger partial charge in [0.05, 0.1) is 0 Å². The molecule has 0 fully saturated rings. The number of benzene rings is 4. The van der Waals surface area contributed by atoms with Crippen LogP contribution in [0.2, 0.25) is 0 Å². The van der Waals surface area contributed by atoms with Crippen molar-refractivity contribution in [1.29, 1.82) is 0 Å². The summed E-state index contributed by atoms with van der Waals surface area (Å²) >= 11 is 1.76. The molecule has 0 heterocycles. The first kappa shape index (κ1) is 25.0. The van der Waals surface area contributed by atoms with Gasteiger partial charge in [-0.25, -0.2) is 0 Å². The highest BCUT2D eigenvalue weighted by Crippen LogP contribution is 2.61. The predicted octanol–water partition coefficient (Wildman–Crippen LogP) is 6.66. The number of amides is 1. The van der Waals surface area contributed by atoms with Crippen molar-refractivity contribution in [2.75, 3.05) is 5.75 Å². The first-order valence-electron chi connectivity index (χ1n) is 11.9. The second-order valence-electron chi connectivity index (χ2n) is 8.37. The summed E-state index contributed by atoms with van der Waals surface area (Å²) in [5.74, 6) is 0.906. The van der Waals surface area contributed by atoms with E-state index >= 15 is 0 Å². The highest BCUT2D eigenvalue weighted by Gasteiger charge is 2.50. The van der Waals surface area contributed by atoms with E-state index in [1.54, 1.807) is 11.8 Å². The van der Waals surface area contributed by atoms with E-state index in [2.05, 4.69) is 90.4 Å². The molecular formula is C31H31NOPS+. The molecule has 0 aliphatic carbocycles. The minimum Gasteiger partial charge on any atom is -0.292 e. The summed E-state index contributed by atoms with van der Waals surface area (Å²) in [7, 11) is -2.38. The Hall–Kier alpha value is -3.13. The van der Waals surface area contributed by atoms with Gasteiger partial charge in [-0.05, 0) is 67.6 Å². The Balaban J connectivity index is 1.96. The van der Waals surface area contributed by atoms with Crippen LogP contribution in [-0.2, 0) is 0 Å². The third-order valence-electron chi connectivity index (χ3n) is 5.86. The van der Waals surface area contributed by atoms with E-state index in [4.69, 9.17) is 0 Å². The van der Waals surface area contributed by atoms with Crippen LogP contribution in [0.1, 0.15) is 29.3 Å². The monoisotopic (exact) mass is 496 g/mol. The number of carbonyl (C=O) groups excluding carboxylic acids is 1. The van der Waals surface area contributed by atoms with Crippen LogP contribution >= 0.6 is 19.0 Å². The Morgan fingerprint density at radius 3 is 1.63 bits per heavy atom. The summed E-state index contributed by atoms with van der Waals surface area (Å²) in [5.41, 5.74) is 2.76. The molecule has 176 valence electrons. The number of thioether (sulfide) groups is 1. The fraction of sp³-hybridized carbons (Fsp3) is 0.129. The number of aryl methyl sites for hydroxylation is 1. The van der Waals surface area contributed by atoms with E-state index in [0.29, 0.717) is 5.56 Å². The molecule has 0 spiro atoms. The van der Waals surface area contributed by atoms with Crippen molar-refractivity contribution in [2.24, 2.45) is 0 Å². The third kappa shape index (κ3) is 5.59. The molecule has 1 N–H and O–H groups in total. The van der Waals surface area contributed by atoms with Crippen LogP contribution in [0, 0.1) is 6.92 Å². The molecule has 0 aliphatic heterocycles. The lowest BCUT2D eigenvalue weighted by Gasteiger charge is -2.29. The van der Waals surface area contributed by atoms with Crippen LogP contribution in [0.15, 0.2) is 126 Å². The Labute approximate surface area is 213 Å². The van der Waals surface area contributed by atoms with E-state index in [1.165, 1.54) is 15.9 Å². The van der Waals surface area contributed by atoms with E-state index in [0.717, 1.165) is 23.2 Å². The summed E-state index contributed by atoms with van der Waals surface area (Å²) in [6.45, 7) is 4.21. The molecule has 1 amide bonds. The molecule has 0 unspecified atom stereocenters. The minimum atomic E-state index is -2.38. The lowest BCUT2D eigenvalue weighted by atomic mass is 10.1. The molecule has 0 atom stereocenters. The molecule has 0 saturated heterocycles. The minimum absolute atomic E-state index is 0.0829. The highest BCUT2D eigenvalue weighted by atomic mass is 32.2. The number of rotatable bonds is 9. The fourth-order valence-corrected chi connectivity index (χ4v) is 9.44. The van der Waals surface area contributed by atoms with Crippen LogP contribution in [0.4, 0.5) is 0 Å². The predicted molar refractivity (Wildman–Crippen MR) is 155 cm³/mol. The van der Waals surface area contributed by atoms with Crippen LogP contribution in [0.5, 0.6) is 0 Å². The molecular weight excluding hydrogens is 465 g/mol. The van der Waals surface area contributed by atoms with Crippen molar-refractivity contribution in [2.45, 2.75) is 20.3 Å². The van der Waals surface area contributed by atoms with Crippen molar-refractivity contribution in [1.82, 2.24) is 5.32 Å². The zero-order chi connectivity index (χ0) is 24.5. The molecule has 4 heteroatoms. The SMILES string of the molecule is CCCSC=C(NC(=O)c1ccc(C)cc1)[P+](c1ccccc1)(c1ccccc1)c1ccccc1. The first-order chi connectivity index (χ1) is 17.2. The van der Waals surface area contributed by atoms with Crippen LogP contribution in [0.3, 0.4) is 0 Å². The van der Waals surface area contributed by atoms with Crippen molar-refractivity contribution in [3.05, 3.63) is 137 Å². The van der Waals surface area contributed by atoms with E-state index in [1.807, 2.05) is 49.4 Å². The standard InChI is InChI=1S/C31H30NOPS/c1-3-23-35-24-30(32-31(33)26-21-19-25(2)20-22-26)34(27-13-7-4-8-14-27,28-15-9-5-10-16-28)29-17-11-6-12-18-29/h4-22,24H,3,23H2,1-2H3/p+1. The second-order valence-corrected chi connectivity index (χ2v) is 12.7. The van der Waals surface area contributed by atoms with E-state index < -0.39 is 7.26 Å². The zero-order valence-corrected chi connectivity index (χ0v) is 21.9. The smallest absolute Gasteiger partial charge is 0.258 e. The summed E-state index contributed by atoms with van der Waals surface area (Å²) in [4.78, 5) is 13.6. The van der Waals surface area contributed by atoms with E-state index in [9.17, 15) is 4.79 Å². The maximum atomic E-state index is 13.6. The van der Waals surface area contributed by atoms with Gasteiger partial charge in [0.15, 0.2) is 12.7 Å². The lowest BCUT2D eigenvalue weighted by Crippen LogP contribution is -2.38. The Bertz CT molecular complexity index is 1160. The van der Waals surface area contributed by atoms with Crippen molar-refractivity contribution in [3.8, 4) is 0 Å². The highest BCUT2D eigenvalue weighted by molar-refractivity contribution is 8.04. The van der Waals surface area contributed by atoms with Gasteiger partial charge in [0, 0.05) is 11.0 Å². The molecule has 0 aromatic heterocycles. The van der Waals surface area contributed by atoms with Gasteiger partial charge < -0.3 is 0 Å². The molecule has 4 rings (SSSR count). The number of carbonyl (C=O) groups is 1. The van der Waals surface area contributed by atoms with E-state index in [-0.39, 0.29) is 5.91 Å². The maximum Gasteiger partial charge on any atom is 0.258 e. The van der Waals surface area contributed by atoms with Crippen molar-refractivity contribution >= 4 is 40.8 Å². The van der Waals surface area contributed by atoms with Gasteiger partial charge in [0.1, 0.15) is 15.9 Å². The Morgan fingerprint density at radius 1 is 0.743 bits per heavy atom. The molecule has 4 aromatic carbocycles. The number of hydrogen-bond acceptors (Lipinski definition) is 2. The Morgan fingerprint density at radius 2 is 1.20 bits per heavy atom. The zero-order valence-electron chi connectivity index (χ0n) is 20.2. The molecule has 0 saturated carbocycles. The average Bonchev–Trinajstić information content (AvgIpc) is 2.91. The topological polar surface area (TPSA) is 29.1 Å². The summed E-state index contributed by atoms with van der Waals surface area (Å²) in [6, 6.07) is 39.7. The molecule has 35 heavy (non-hydrogen) atoms. The lowest BCUT2D eigenvalue weighted by molar-refractivity contribution is 0.0968. The average molecular weight is 497 g/mol. The molecule has 0 bridgehead atoms. The van der Waals surface area contributed by atoms with Crippen LogP contribution in [0.25, 0.3) is 0 Å². The summed E-state index contributed by atoms with van der Waals surface area (Å²) in [6.07, 6.45) is 1.06. The largest absolute Gasteiger partial charge is 0.292 e. The maximum absolute atomic E-state index is 13.6. The molecule has 0 radical (unpaired) electrons. The summed E-state index contributed by atoms with van der Waals surface area (Å²) in [5, 5.41) is 9.23. The van der Waals surface area contributed by atoms with Crippen LogP contribution < -0.4 is 21.2 Å². The van der Waals surface area contributed by atoms with Gasteiger partial charge in [-0.3, -0.25) is 10.1 Å². The first-order valence-corrected chi connectivity index (χ1v) is 14.8. The van der Waals surface area contributed by atoms with Crippen molar-refractivity contribution in [3.63, 3.8) is 0 Å². The second kappa shape index (κ2) is 12.0. The number of hydrogen-bond donors (Lipinski definition) is 1. The normalized spacial score (nSPS) is 11.8. The van der Waals surface area contributed by atoms with Crippen LogP contribution in [-0.4, -0.2) is 11.7 Å². The van der Waals surface area contributed by atoms with Gasteiger partial charge >= 0.3 is 0 Å². The van der Waals surface area contributed by atoms with Gasteiger partial charge in [0.2, 0.25) is 0 Å². The molecule has 4 aromatic rings.